The maximum Gasteiger partial charge on any atom is 0.323 e. The molecule has 10 heteroatoms. The number of carboxylic acid groups (broad SMARTS) is 1. The average Bonchev–Trinajstić information content (AvgIpc) is 3.45. The van der Waals surface area contributed by atoms with Crippen molar-refractivity contribution < 1.29 is 33.5 Å². The van der Waals surface area contributed by atoms with E-state index in [4.69, 9.17) is 14.1 Å². The van der Waals surface area contributed by atoms with Crippen LogP contribution in [0.5, 0.6) is 11.5 Å². The molecule has 0 fully saturated rings. The van der Waals surface area contributed by atoms with Crippen molar-refractivity contribution in [3.63, 3.8) is 0 Å². The highest BCUT2D eigenvalue weighted by molar-refractivity contribution is 5.74. The Bertz CT molecular complexity index is 1610. The third kappa shape index (κ3) is 6.25. The first-order chi connectivity index (χ1) is 19.5. The highest BCUT2D eigenvalue weighted by Gasteiger charge is 2.17. The van der Waals surface area contributed by atoms with E-state index in [2.05, 4.69) is 15.6 Å². The smallest absolute Gasteiger partial charge is 0.323 e. The molecule has 0 amide bonds. The number of nitrogens with one attached hydrogen (secondary N) is 1. The fraction of sp³-hybridized carbons (Fsp3) is 0.167. The molecule has 0 unspecified atom stereocenters. The lowest BCUT2D eigenvalue weighted by Crippen LogP contribution is -2.39. The molecule has 0 aliphatic rings. The molecule has 0 radical (unpaired) electrons. The van der Waals surface area contributed by atoms with E-state index in [9.17, 15) is 15.0 Å². The summed E-state index contributed by atoms with van der Waals surface area (Å²) >= 11 is 0. The number of nitrogens with zero attached hydrogens (tertiary/aromatic N) is 2. The van der Waals surface area contributed by atoms with Gasteiger partial charge >= 0.3 is 5.97 Å². The molecular weight excluding hydrogens is 517 g/mol. The van der Waals surface area contributed by atoms with Gasteiger partial charge in [-0.2, -0.15) is 0 Å². The number of aliphatic hydroxyl groups excluding tert-OH is 1. The van der Waals surface area contributed by atoms with E-state index in [1.165, 1.54) is 0 Å². The van der Waals surface area contributed by atoms with E-state index < -0.39 is 18.6 Å². The molecule has 0 saturated carbocycles. The zero-order valence-electron chi connectivity index (χ0n) is 21.3. The van der Waals surface area contributed by atoms with Gasteiger partial charge in [0.15, 0.2) is 0 Å². The summed E-state index contributed by atoms with van der Waals surface area (Å²) < 4.78 is 32.0. The third-order valence-corrected chi connectivity index (χ3v) is 6.33. The van der Waals surface area contributed by atoms with Gasteiger partial charge in [-0.3, -0.25) is 10.1 Å². The van der Waals surface area contributed by atoms with E-state index in [1.54, 1.807) is 48.5 Å². The first-order valence-corrected chi connectivity index (χ1v) is 12.5. The van der Waals surface area contributed by atoms with Crippen LogP contribution in [0, 0.1) is 5.82 Å². The number of aliphatic hydroxyl groups is 1. The number of hydrogen-bond donors (Lipinski definition) is 3. The summed E-state index contributed by atoms with van der Waals surface area (Å²) in [6.45, 7) is -0.278. The van der Waals surface area contributed by atoms with Crippen molar-refractivity contribution in [1.82, 2.24) is 15.6 Å². The van der Waals surface area contributed by atoms with Crippen LogP contribution in [0.2, 0.25) is 0 Å². The van der Waals surface area contributed by atoms with Crippen LogP contribution >= 0.6 is 0 Å². The molecule has 0 aliphatic carbocycles. The van der Waals surface area contributed by atoms with Gasteiger partial charge in [0, 0.05) is 29.3 Å². The Hall–Kier alpha value is -4.80. The number of benzene rings is 4. The van der Waals surface area contributed by atoms with Gasteiger partial charge in [0.05, 0.1) is 6.61 Å². The molecule has 1 atom stereocenters. The molecule has 3 N–H and O–H groups in total. The van der Waals surface area contributed by atoms with Crippen LogP contribution in [0.15, 0.2) is 89.6 Å². The lowest BCUT2D eigenvalue weighted by molar-refractivity contribution is -0.140. The number of fused-ring (bicyclic) bond motifs is 1. The molecule has 0 aliphatic heterocycles. The van der Waals surface area contributed by atoms with Crippen molar-refractivity contribution in [3.05, 3.63) is 107 Å². The predicted octanol–water partition coefficient (Wildman–Crippen LogP) is 4.72. The zero-order chi connectivity index (χ0) is 27.9. The minimum absolute atomic E-state index is 0.00896. The first kappa shape index (κ1) is 26.8. The largest absolute Gasteiger partial charge is 0.489 e. The summed E-state index contributed by atoms with van der Waals surface area (Å²) in [4.78, 5) is 11.3. The van der Waals surface area contributed by atoms with Crippen LogP contribution in [0.25, 0.3) is 22.2 Å². The lowest BCUT2D eigenvalue weighted by Gasteiger charge is -2.17. The van der Waals surface area contributed by atoms with Gasteiger partial charge in [-0.25, -0.2) is 9.02 Å². The van der Waals surface area contributed by atoms with E-state index in [1.807, 2.05) is 36.4 Å². The predicted molar refractivity (Wildman–Crippen MR) is 144 cm³/mol. The fourth-order valence-electron chi connectivity index (χ4n) is 4.14. The van der Waals surface area contributed by atoms with Gasteiger partial charge in [-0.1, -0.05) is 60.7 Å². The molecule has 5 aromatic rings. The van der Waals surface area contributed by atoms with Crippen molar-refractivity contribution in [1.29, 1.82) is 0 Å². The van der Waals surface area contributed by atoms with Crippen LogP contribution < -0.4 is 14.8 Å². The summed E-state index contributed by atoms with van der Waals surface area (Å²) in [6.07, 6.45) is 0. The van der Waals surface area contributed by atoms with Crippen molar-refractivity contribution in [2.24, 2.45) is 0 Å². The zero-order valence-corrected chi connectivity index (χ0v) is 21.3. The van der Waals surface area contributed by atoms with Gasteiger partial charge in [0.1, 0.15) is 47.6 Å². The normalized spacial score (nSPS) is 11.8. The Kier molecular flexibility index (Phi) is 8.29. The average molecular weight is 544 g/mol. The second kappa shape index (κ2) is 12.4. The van der Waals surface area contributed by atoms with Crippen molar-refractivity contribution in [2.75, 3.05) is 6.61 Å². The summed E-state index contributed by atoms with van der Waals surface area (Å²) in [5, 5.41) is 29.1. The van der Waals surface area contributed by atoms with E-state index in [-0.39, 0.29) is 25.6 Å². The second-order valence-electron chi connectivity index (χ2n) is 9.03. The lowest BCUT2D eigenvalue weighted by atomic mass is 10.0. The number of rotatable bonds is 12. The van der Waals surface area contributed by atoms with Gasteiger partial charge in [0.2, 0.25) is 0 Å². The van der Waals surface area contributed by atoms with E-state index in [0.717, 1.165) is 11.1 Å². The summed E-state index contributed by atoms with van der Waals surface area (Å²) in [5.41, 5.74) is 4.33. The molecule has 9 nitrogen and oxygen atoms in total. The molecule has 204 valence electrons. The van der Waals surface area contributed by atoms with Crippen molar-refractivity contribution in [2.45, 2.75) is 25.8 Å². The Morgan fingerprint density at radius 3 is 2.52 bits per heavy atom. The second-order valence-corrected chi connectivity index (χ2v) is 9.03. The molecule has 5 rings (SSSR count). The van der Waals surface area contributed by atoms with Gasteiger partial charge < -0.3 is 19.7 Å². The third-order valence-electron chi connectivity index (χ3n) is 6.33. The summed E-state index contributed by atoms with van der Waals surface area (Å²) in [5.74, 6) is -0.646. The Balaban J connectivity index is 1.34. The molecule has 1 aromatic heterocycles. The number of halogens is 1. The topological polar surface area (TPSA) is 127 Å². The number of aliphatic carboxylic acids is 1. The monoisotopic (exact) mass is 543 g/mol. The molecule has 40 heavy (non-hydrogen) atoms. The number of aromatic nitrogens is 2. The fourth-order valence-corrected chi connectivity index (χ4v) is 4.14. The molecule has 4 aromatic carbocycles. The number of carbonyl (C=O) groups is 1. The molecular formula is C30H26FN3O6. The standard InChI is InChI=1S/C30H26FN3O6/c31-29-22(7-4-8-24(29)20-5-2-1-3-6-20)18-38-23-11-10-21(15-32-27(16-35)30(36)37)28(14-23)39-17-19-9-12-25-26(13-19)34-40-33-25/h1-14,27,32,35H,15-18H2,(H,36,37)/t27-/m1/s1. The highest BCUT2D eigenvalue weighted by atomic mass is 19.1. The van der Waals surface area contributed by atoms with Crippen LogP contribution in [-0.2, 0) is 24.6 Å². The maximum absolute atomic E-state index is 15.3. The SMILES string of the molecule is O=C(O)[C@@H](CO)NCc1ccc(OCc2cccc(-c3ccccc3)c2F)cc1OCc1ccc2nonc2c1. The number of hydrogen-bond acceptors (Lipinski definition) is 8. The van der Waals surface area contributed by atoms with Gasteiger partial charge in [0.25, 0.3) is 0 Å². The van der Waals surface area contributed by atoms with E-state index >= 15 is 4.39 Å². The summed E-state index contributed by atoms with van der Waals surface area (Å²) in [7, 11) is 0. The van der Waals surface area contributed by atoms with Crippen LogP contribution in [0.1, 0.15) is 16.7 Å². The molecule has 0 spiro atoms. The minimum Gasteiger partial charge on any atom is -0.489 e. The van der Waals surface area contributed by atoms with Crippen LogP contribution in [-0.4, -0.2) is 39.1 Å². The number of carboxylic acids is 1. The van der Waals surface area contributed by atoms with Gasteiger partial charge in [-0.05, 0) is 39.6 Å². The van der Waals surface area contributed by atoms with Gasteiger partial charge in [-0.15, -0.1) is 0 Å². The minimum atomic E-state index is -1.17. The Morgan fingerprint density at radius 2 is 1.73 bits per heavy atom. The quantitative estimate of drug-likeness (QED) is 0.205. The van der Waals surface area contributed by atoms with Crippen molar-refractivity contribution in [3.8, 4) is 22.6 Å². The van der Waals surface area contributed by atoms with E-state index in [0.29, 0.717) is 39.2 Å². The maximum atomic E-state index is 15.3. The van der Waals surface area contributed by atoms with Crippen LogP contribution in [0.3, 0.4) is 0 Å². The Labute approximate surface area is 228 Å². The van der Waals surface area contributed by atoms with Crippen LogP contribution in [0.4, 0.5) is 4.39 Å². The molecule has 0 saturated heterocycles. The van der Waals surface area contributed by atoms with Crippen molar-refractivity contribution >= 4 is 17.0 Å². The Morgan fingerprint density at radius 1 is 0.900 bits per heavy atom. The summed E-state index contributed by atoms with van der Waals surface area (Å²) in [6, 6.07) is 23.8. The highest BCUT2D eigenvalue weighted by Crippen LogP contribution is 2.29. The first-order valence-electron chi connectivity index (χ1n) is 12.5. The molecule has 0 bridgehead atoms. The molecule has 1 heterocycles. The number of ether oxygens (including phenoxy) is 2.